The van der Waals surface area contributed by atoms with Crippen molar-refractivity contribution >= 4 is 5.78 Å². The van der Waals surface area contributed by atoms with Crippen molar-refractivity contribution in [1.29, 1.82) is 0 Å². The highest BCUT2D eigenvalue weighted by atomic mass is 16.5. The molecule has 0 aromatic rings. The minimum atomic E-state index is 0.0620. The molecule has 0 saturated carbocycles. The van der Waals surface area contributed by atoms with E-state index in [0.29, 0.717) is 13.2 Å². The summed E-state index contributed by atoms with van der Waals surface area (Å²) in [7, 11) is 0. The zero-order chi connectivity index (χ0) is 13.1. The van der Waals surface area contributed by atoms with Gasteiger partial charge < -0.3 is 9.47 Å². The first-order valence-electron chi connectivity index (χ1n) is 6.72. The van der Waals surface area contributed by atoms with Crippen LogP contribution in [-0.4, -0.2) is 32.2 Å². The first-order chi connectivity index (χ1) is 8.04. The van der Waals surface area contributed by atoms with Gasteiger partial charge in [0.25, 0.3) is 0 Å². The number of Topliss-reactive ketones (excluding diaryl/α,β-unsaturated/α-hetero) is 1. The van der Waals surface area contributed by atoms with E-state index in [1.165, 1.54) is 12.8 Å². The van der Waals surface area contributed by atoms with Gasteiger partial charge in [0, 0.05) is 12.5 Å². The molecule has 0 bridgehead atoms. The van der Waals surface area contributed by atoms with Crippen LogP contribution in [0.3, 0.4) is 0 Å². The van der Waals surface area contributed by atoms with Gasteiger partial charge >= 0.3 is 0 Å². The average molecular weight is 244 g/mol. The van der Waals surface area contributed by atoms with Gasteiger partial charge in [0.15, 0.2) is 5.78 Å². The van der Waals surface area contributed by atoms with Crippen molar-refractivity contribution in [2.75, 3.05) is 26.4 Å². The minimum absolute atomic E-state index is 0.0620. The van der Waals surface area contributed by atoms with Gasteiger partial charge in [-0.2, -0.15) is 0 Å². The van der Waals surface area contributed by atoms with Gasteiger partial charge in [-0.15, -0.1) is 0 Å². The van der Waals surface area contributed by atoms with Crippen LogP contribution in [0.5, 0.6) is 0 Å². The Kier molecular flexibility index (Phi) is 10.5. The van der Waals surface area contributed by atoms with Gasteiger partial charge in [-0.3, -0.25) is 4.79 Å². The van der Waals surface area contributed by atoms with Crippen LogP contribution in [0.25, 0.3) is 0 Å². The van der Waals surface area contributed by atoms with Crippen LogP contribution in [0, 0.1) is 11.8 Å². The molecule has 3 nitrogen and oxygen atoms in total. The highest BCUT2D eigenvalue weighted by molar-refractivity contribution is 5.81. The Balaban J connectivity index is 3.11. The minimum Gasteiger partial charge on any atom is -0.379 e. The van der Waals surface area contributed by atoms with E-state index in [-0.39, 0.29) is 18.3 Å². The van der Waals surface area contributed by atoms with Gasteiger partial charge in [0.1, 0.15) is 6.61 Å². The van der Waals surface area contributed by atoms with Crippen LogP contribution < -0.4 is 0 Å². The molecule has 0 unspecified atom stereocenters. The Morgan fingerprint density at radius 1 is 0.941 bits per heavy atom. The summed E-state index contributed by atoms with van der Waals surface area (Å²) < 4.78 is 10.6. The molecule has 0 saturated heterocycles. The molecule has 0 amide bonds. The van der Waals surface area contributed by atoms with E-state index < -0.39 is 0 Å². The summed E-state index contributed by atoms with van der Waals surface area (Å²) in [6.07, 6.45) is 3.61. The normalized spacial score (nSPS) is 11.4. The molecule has 0 aromatic heterocycles. The molecule has 0 fully saturated rings. The molecule has 0 aromatic carbocycles. The molecule has 0 aliphatic heterocycles. The van der Waals surface area contributed by atoms with E-state index in [0.717, 1.165) is 18.9 Å². The molecule has 0 spiro atoms. The molecule has 0 aliphatic rings. The number of hydrogen-bond acceptors (Lipinski definition) is 3. The smallest absolute Gasteiger partial charge is 0.160 e. The maximum Gasteiger partial charge on any atom is 0.160 e. The maximum absolute atomic E-state index is 11.2. The van der Waals surface area contributed by atoms with E-state index >= 15 is 0 Å². The summed E-state index contributed by atoms with van der Waals surface area (Å²) in [5.41, 5.74) is 0. The first kappa shape index (κ1) is 16.6. The molecule has 0 rings (SSSR count). The van der Waals surface area contributed by atoms with Gasteiger partial charge in [0.2, 0.25) is 0 Å². The van der Waals surface area contributed by atoms with Crippen molar-refractivity contribution in [1.82, 2.24) is 0 Å². The van der Waals surface area contributed by atoms with Crippen LogP contribution in [0.15, 0.2) is 0 Å². The fourth-order valence-corrected chi connectivity index (χ4v) is 1.32. The lowest BCUT2D eigenvalue weighted by atomic mass is 10.1. The number of carbonyl (C=O) groups is 1. The Morgan fingerprint density at radius 3 is 2.18 bits per heavy atom. The molecule has 0 N–H and O–H groups in total. The third-order valence-electron chi connectivity index (χ3n) is 2.58. The van der Waals surface area contributed by atoms with Crippen LogP contribution in [0.4, 0.5) is 0 Å². The van der Waals surface area contributed by atoms with E-state index in [9.17, 15) is 4.79 Å². The number of ketones is 1. The number of ether oxygens (including phenoxy) is 2. The molecular weight excluding hydrogens is 216 g/mol. The van der Waals surface area contributed by atoms with Crippen molar-refractivity contribution in [3.8, 4) is 0 Å². The first-order valence-corrected chi connectivity index (χ1v) is 6.72. The van der Waals surface area contributed by atoms with Crippen LogP contribution >= 0.6 is 0 Å². The standard InChI is InChI=1S/C14H28O3/c1-12(2)7-5-6-8-16-9-10-17-11-14(15)13(3)4/h12-13H,5-11H2,1-4H3. The summed E-state index contributed by atoms with van der Waals surface area (Å²) in [4.78, 5) is 11.2. The summed E-state index contributed by atoms with van der Waals surface area (Å²) in [5, 5.41) is 0. The number of hydrogen-bond donors (Lipinski definition) is 0. The Labute approximate surface area is 106 Å². The average Bonchev–Trinajstić information content (AvgIpc) is 2.25. The quantitative estimate of drug-likeness (QED) is 0.524. The number of rotatable bonds is 11. The van der Waals surface area contributed by atoms with E-state index in [2.05, 4.69) is 13.8 Å². The number of carbonyl (C=O) groups excluding carboxylic acids is 1. The Bertz CT molecular complexity index is 188. The molecule has 0 heterocycles. The molecule has 0 aliphatic carbocycles. The molecule has 3 heteroatoms. The van der Waals surface area contributed by atoms with Crippen molar-refractivity contribution in [3.05, 3.63) is 0 Å². The fraction of sp³-hybridized carbons (Fsp3) is 0.929. The summed E-state index contributed by atoms with van der Waals surface area (Å²) in [6, 6.07) is 0. The van der Waals surface area contributed by atoms with E-state index in [4.69, 9.17) is 9.47 Å². The second-order valence-electron chi connectivity index (χ2n) is 5.18. The summed E-state index contributed by atoms with van der Waals surface area (Å²) in [5.74, 6) is 0.995. The lowest BCUT2D eigenvalue weighted by molar-refractivity contribution is -0.127. The van der Waals surface area contributed by atoms with Crippen LogP contribution in [-0.2, 0) is 14.3 Å². The van der Waals surface area contributed by atoms with Crippen molar-refractivity contribution < 1.29 is 14.3 Å². The van der Waals surface area contributed by atoms with E-state index in [1.54, 1.807) is 0 Å². The van der Waals surface area contributed by atoms with Gasteiger partial charge in [-0.25, -0.2) is 0 Å². The monoisotopic (exact) mass is 244 g/mol. The lowest BCUT2D eigenvalue weighted by Gasteiger charge is -2.07. The predicted molar refractivity (Wildman–Crippen MR) is 70.2 cm³/mol. The molecule has 0 atom stereocenters. The highest BCUT2D eigenvalue weighted by Gasteiger charge is 2.06. The molecular formula is C14H28O3. The van der Waals surface area contributed by atoms with Gasteiger partial charge in [-0.1, -0.05) is 40.5 Å². The second kappa shape index (κ2) is 10.7. The third-order valence-corrected chi connectivity index (χ3v) is 2.58. The van der Waals surface area contributed by atoms with Crippen LogP contribution in [0.2, 0.25) is 0 Å². The second-order valence-corrected chi connectivity index (χ2v) is 5.18. The van der Waals surface area contributed by atoms with Crippen molar-refractivity contribution in [2.24, 2.45) is 11.8 Å². The molecule has 102 valence electrons. The Morgan fingerprint density at radius 2 is 1.59 bits per heavy atom. The van der Waals surface area contributed by atoms with Gasteiger partial charge in [0.05, 0.1) is 13.2 Å². The fourth-order valence-electron chi connectivity index (χ4n) is 1.32. The molecule has 17 heavy (non-hydrogen) atoms. The topological polar surface area (TPSA) is 35.5 Å². The summed E-state index contributed by atoms with van der Waals surface area (Å²) in [6.45, 7) is 10.4. The summed E-state index contributed by atoms with van der Waals surface area (Å²) >= 11 is 0. The SMILES string of the molecule is CC(C)CCCCOCCOCC(=O)C(C)C. The van der Waals surface area contributed by atoms with Crippen LogP contribution in [0.1, 0.15) is 47.0 Å². The largest absolute Gasteiger partial charge is 0.379 e. The van der Waals surface area contributed by atoms with Crippen molar-refractivity contribution in [3.63, 3.8) is 0 Å². The predicted octanol–water partition coefficient (Wildman–Crippen LogP) is 3.07. The maximum atomic E-state index is 11.2. The third kappa shape index (κ3) is 11.8. The number of unbranched alkanes of at least 4 members (excludes halogenated alkanes) is 1. The zero-order valence-corrected chi connectivity index (χ0v) is 11.8. The lowest BCUT2D eigenvalue weighted by Crippen LogP contribution is -2.16. The molecule has 0 radical (unpaired) electrons. The van der Waals surface area contributed by atoms with Gasteiger partial charge in [-0.05, 0) is 12.3 Å². The van der Waals surface area contributed by atoms with E-state index in [1.807, 2.05) is 13.8 Å². The highest BCUT2D eigenvalue weighted by Crippen LogP contribution is 2.05. The van der Waals surface area contributed by atoms with Crippen molar-refractivity contribution in [2.45, 2.75) is 47.0 Å². The zero-order valence-electron chi connectivity index (χ0n) is 11.8. The Hall–Kier alpha value is -0.410.